The van der Waals surface area contributed by atoms with E-state index >= 15 is 0 Å². The first-order valence-electron chi connectivity index (χ1n) is 16.9. The van der Waals surface area contributed by atoms with E-state index in [0.29, 0.717) is 41.4 Å². The van der Waals surface area contributed by atoms with Crippen LogP contribution in [0.5, 0.6) is 0 Å². The van der Waals surface area contributed by atoms with Gasteiger partial charge < -0.3 is 29.3 Å². The summed E-state index contributed by atoms with van der Waals surface area (Å²) >= 11 is 0. The highest BCUT2D eigenvalue weighted by Crippen LogP contribution is 2.50. The Morgan fingerprint density at radius 3 is 2.41 bits per heavy atom. The Morgan fingerprint density at radius 1 is 1.10 bits per heavy atom. The van der Waals surface area contributed by atoms with Crippen molar-refractivity contribution in [3.05, 3.63) is 111 Å². The lowest BCUT2D eigenvalue weighted by Crippen LogP contribution is -2.35. The second kappa shape index (κ2) is 19.2. The van der Waals surface area contributed by atoms with E-state index in [2.05, 4.69) is 52.8 Å². The first kappa shape index (κ1) is 39.2. The summed E-state index contributed by atoms with van der Waals surface area (Å²) in [4.78, 5) is 57.9. The van der Waals surface area contributed by atoms with E-state index in [1.807, 2.05) is 6.92 Å². The molecule has 0 spiro atoms. The van der Waals surface area contributed by atoms with Crippen LogP contribution in [0.3, 0.4) is 0 Å². The van der Waals surface area contributed by atoms with Gasteiger partial charge in [-0.05, 0) is 58.4 Å². The number of carbonyl (C=O) groups excluding carboxylic acids is 3. The summed E-state index contributed by atoms with van der Waals surface area (Å²) in [7, 11) is -1.53. The van der Waals surface area contributed by atoms with Crippen molar-refractivity contribution in [3.63, 3.8) is 0 Å². The number of hydrogen-bond acceptors (Lipinski definition) is 9. The van der Waals surface area contributed by atoms with Crippen molar-refractivity contribution in [2.75, 3.05) is 25.0 Å². The fourth-order valence-corrected chi connectivity index (χ4v) is 7.33. The fourth-order valence-electron chi connectivity index (χ4n) is 5.58. The molecule has 0 saturated carbocycles. The lowest BCUT2D eigenvalue weighted by Gasteiger charge is -2.37. The third-order valence-electron chi connectivity index (χ3n) is 8.00. The minimum absolute atomic E-state index is 0.0520. The molecule has 3 aromatic rings. The zero-order chi connectivity index (χ0) is 36.9. The average Bonchev–Trinajstić information content (AvgIpc) is 3.53. The summed E-state index contributed by atoms with van der Waals surface area (Å²) in [5.74, 6) is -0.721. The van der Waals surface area contributed by atoms with Crippen molar-refractivity contribution in [2.24, 2.45) is 0 Å². The van der Waals surface area contributed by atoms with Crippen LogP contribution in [0.4, 0.5) is 5.82 Å². The molecule has 2 aromatic carbocycles. The maximum atomic E-state index is 13.5. The van der Waals surface area contributed by atoms with Crippen LogP contribution in [-0.2, 0) is 13.8 Å². The van der Waals surface area contributed by atoms with Crippen molar-refractivity contribution < 1.29 is 28.2 Å². The maximum Gasteiger partial charge on any atom is 0.351 e. The molecule has 1 saturated heterocycles. The molecule has 14 heteroatoms. The largest absolute Gasteiger partial charge is 0.352 e. The average molecular weight is 717 g/mol. The highest BCUT2D eigenvalue weighted by molar-refractivity contribution is 7.44. The van der Waals surface area contributed by atoms with E-state index in [9.17, 15) is 19.2 Å². The molecule has 4 rings (SSSR count). The van der Waals surface area contributed by atoms with Gasteiger partial charge in [0.15, 0.2) is 0 Å². The smallest absolute Gasteiger partial charge is 0.351 e. The Labute approximate surface area is 299 Å². The predicted octanol–water partition coefficient (Wildman–Crippen LogP) is 6.12. The molecular weight excluding hydrogens is 671 g/mol. The first-order valence-corrected chi connectivity index (χ1v) is 18.1. The standard InChI is InChI=1S/C37H45N6O7P/c1-7-31-32(50-51(48-21-20-38-6)43(25(2)3)26(4)5)22-33(49-31)42-23-30(14-11-19-39-35(45)29-17-15-27(24-44)16-18-29)34(41-37(42)47)40-36(46)28-12-9-8-10-13-28/h8-18,23-26,31-33H,7,19-22H2,1-5H3,(H,39,45)(H,40,41,46,47). The molecule has 1 fully saturated rings. The quantitative estimate of drug-likeness (QED) is 0.0731. The molecule has 1 aliphatic rings. The molecule has 2 N–H and O–H groups in total. The van der Waals surface area contributed by atoms with Gasteiger partial charge in [-0.3, -0.25) is 19.0 Å². The van der Waals surface area contributed by atoms with Gasteiger partial charge in [0.2, 0.25) is 6.54 Å². The third-order valence-corrected chi connectivity index (χ3v) is 10.2. The summed E-state index contributed by atoms with van der Waals surface area (Å²) in [5.41, 5.74) is 1.05. The summed E-state index contributed by atoms with van der Waals surface area (Å²) < 4.78 is 22.7. The second-order valence-corrected chi connectivity index (χ2v) is 13.8. The minimum atomic E-state index is -1.53. The van der Waals surface area contributed by atoms with Gasteiger partial charge >= 0.3 is 5.69 Å². The number of anilines is 1. The van der Waals surface area contributed by atoms with Crippen LogP contribution in [0.2, 0.25) is 0 Å². The SMILES string of the molecule is [C-]#[N+]CCOP(OC1CC(n2cc(C=CCNC(=O)c3ccc(C=O)cc3)c(NC(=O)c3ccccc3)nc2=O)OC1CC)N(C(C)C)C(C)C. The van der Waals surface area contributed by atoms with Gasteiger partial charge in [-0.2, -0.15) is 4.98 Å². The number of rotatable bonds is 17. The molecule has 1 aromatic heterocycles. The number of hydrogen-bond donors (Lipinski definition) is 2. The van der Waals surface area contributed by atoms with E-state index in [4.69, 9.17) is 20.4 Å². The van der Waals surface area contributed by atoms with E-state index < -0.39 is 32.5 Å². The number of aromatic nitrogens is 2. The number of carbonyl (C=O) groups is 3. The molecule has 0 radical (unpaired) electrons. The Balaban J connectivity index is 1.59. The normalized spacial score (nSPS) is 17.9. The zero-order valence-electron chi connectivity index (χ0n) is 29.5. The molecule has 1 aliphatic heterocycles. The van der Waals surface area contributed by atoms with Gasteiger partial charge in [0.1, 0.15) is 24.9 Å². The fraction of sp³-hybridized carbons (Fsp3) is 0.405. The molecular formula is C37H45N6O7P. The lowest BCUT2D eigenvalue weighted by atomic mass is 10.1. The number of nitrogens with zero attached hydrogens (tertiary/aromatic N) is 4. The maximum absolute atomic E-state index is 13.5. The van der Waals surface area contributed by atoms with Crippen LogP contribution in [0.15, 0.2) is 71.7 Å². The number of aldehydes is 1. The molecule has 13 nitrogen and oxygen atoms in total. The lowest BCUT2D eigenvalue weighted by molar-refractivity contribution is -0.0200. The van der Waals surface area contributed by atoms with Crippen LogP contribution in [-0.4, -0.2) is 76.3 Å². The van der Waals surface area contributed by atoms with Crippen LogP contribution >= 0.6 is 8.53 Å². The van der Waals surface area contributed by atoms with Gasteiger partial charge in [0, 0.05) is 53.5 Å². The highest BCUT2D eigenvalue weighted by atomic mass is 31.2. The molecule has 270 valence electrons. The number of nitrogens with one attached hydrogen (secondary N) is 2. The predicted molar refractivity (Wildman–Crippen MR) is 196 cm³/mol. The summed E-state index contributed by atoms with van der Waals surface area (Å²) in [6, 6.07) is 15.1. The summed E-state index contributed by atoms with van der Waals surface area (Å²) in [5, 5.41) is 5.54. The summed E-state index contributed by atoms with van der Waals surface area (Å²) in [6.07, 6.45) is 5.12. The molecule has 4 atom stereocenters. The van der Waals surface area contributed by atoms with Gasteiger partial charge in [0.25, 0.3) is 20.3 Å². The van der Waals surface area contributed by atoms with E-state index in [1.54, 1.807) is 72.9 Å². The van der Waals surface area contributed by atoms with Gasteiger partial charge in [0.05, 0.1) is 12.2 Å². The zero-order valence-corrected chi connectivity index (χ0v) is 30.4. The topological polar surface area (TPSA) is 145 Å². The summed E-state index contributed by atoms with van der Waals surface area (Å²) in [6.45, 7) is 18.0. The van der Waals surface area contributed by atoms with E-state index in [-0.39, 0.29) is 49.6 Å². The van der Waals surface area contributed by atoms with Crippen LogP contribution in [0.1, 0.15) is 90.3 Å². The van der Waals surface area contributed by atoms with Crippen molar-refractivity contribution in [1.82, 2.24) is 19.5 Å². The Hall–Kier alpha value is -4.57. The molecule has 2 amide bonds. The van der Waals surface area contributed by atoms with Gasteiger partial charge in [-0.25, -0.2) is 16.0 Å². The van der Waals surface area contributed by atoms with E-state index in [1.165, 1.54) is 4.57 Å². The number of amides is 2. The molecule has 4 unspecified atom stereocenters. The van der Waals surface area contributed by atoms with Gasteiger partial charge in [-0.15, -0.1) is 0 Å². The van der Waals surface area contributed by atoms with E-state index in [0.717, 1.165) is 0 Å². The van der Waals surface area contributed by atoms with Crippen molar-refractivity contribution in [3.8, 4) is 0 Å². The molecule has 51 heavy (non-hydrogen) atoms. The Kier molecular flexibility index (Phi) is 14.7. The third kappa shape index (κ3) is 10.7. The Morgan fingerprint density at radius 2 is 1.78 bits per heavy atom. The number of ether oxygens (including phenoxy) is 1. The highest BCUT2D eigenvalue weighted by Gasteiger charge is 2.41. The van der Waals surface area contributed by atoms with Gasteiger partial charge in [-0.1, -0.05) is 49.4 Å². The van der Waals surface area contributed by atoms with Crippen LogP contribution in [0, 0.1) is 6.57 Å². The molecule has 0 bridgehead atoms. The van der Waals surface area contributed by atoms with Crippen molar-refractivity contribution in [2.45, 2.75) is 78.0 Å². The first-order chi connectivity index (χ1) is 24.6. The number of benzene rings is 2. The van der Waals surface area contributed by atoms with Crippen molar-refractivity contribution in [1.29, 1.82) is 0 Å². The van der Waals surface area contributed by atoms with Crippen LogP contribution in [0.25, 0.3) is 10.9 Å². The monoisotopic (exact) mass is 716 g/mol. The second-order valence-electron chi connectivity index (χ2n) is 12.3. The minimum Gasteiger partial charge on any atom is -0.352 e. The van der Waals surface area contributed by atoms with Crippen LogP contribution < -0.4 is 16.3 Å². The Bertz CT molecular complexity index is 1750. The van der Waals surface area contributed by atoms with Crippen molar-refractivity contribution >= 4 is 38.5 Å². The molecule has 0 aliphatic carbocycles. The molecule has 2 heterocycles.